The molecule has 0 amide bonds. The van der Waals surface area contributed by atoms with Crippen LogP contribution in [-0.2, 0) is 6.42 Å². The minimum absolute atomic E-state index is 0.301. The zero-order chi connectivity index (χ0) is 13.5. The predicted octanol–water partition coefficient (Wildman–Crippen LogP) is 2.66. The van der Waals surface area contributed by atoms with Crippen LogP contribution in [0, 0.1) is 0 Å². The fourth-order valence-corrected chi connectivity index (χ4v) is 1.87. The van der Waals surface area contributed by atoms with E-state index in [9.17, 15) is 0 Å². The molecule has 4 nitrogen and oxygen atoms in total. The summed E-state index contributed by atoms with van der Waals surface area (Å²) >= 11 is 11.0. The van der Waals surface area contributed by atoms with Gasteiger partial charge in [0.25, 0.3) is 0 Å². The normalized spacial score (nSPS) is 9.95. The first kappa shape index (κ1) is 13.7. The molecule has 0 unspecified atom stereocenters. The molecule has 6 heteroatoms. The summed E-state index contributed by atoms with van der Waals surface area (Å²) in [5, 5.41) is 6.80. The Bertz CT molecular complexity index is 547. The molecule has 2 aromatic rings. The summed E-state index contributed by atoms with van der Waals surface area (Å²) in [6.45, 7) is 0.744. The summed E-state index contributed by atoms with van der Waals surface area (Å²) in [4.78, 5) is 7.96. The van der Waals surface area contributed by atoms with Crippen LogP contribution in [0.5, 0.6) is 0 Å². The third-order valence-corrected chi connectivity index (χ3v) is 2.95. The maximum atomic E-state index is 5.87. The molecule has 0 radical (unpaired) electrons. The van der Waals surface area contributed by atoms with E-state index >= 15 is 0 Å². The van der Waals surface area contributed by atoms with Crippen molar-refractivity contribution in [2.45, 2.75) is 6.42 Å². The third kappa shape index (κ3) is 4.46. The fourth-order valence-electron chi connectivity index (χ4n) is 1.52. The molecule has 1 aromatic heterocycles. The zero-order valence-electron chi connectivity index (χ0n) is 10.1. The van der Waals surface area contributed by atoms with Crippen molar-refractivity contribution in [3.8, 4) is 0 Å². The van der Waals surface area contributed by atoms with E-state index in [0.717, 1.165) is 13.0 Å². The highest BCUT2D eigenvalue weighted by atomic mass is 35.5. The number of nitrogens with zero attached hydrogens (tertiary/aromatic N) is 2. The van der Waals surface area contributed by atoms with E-state index in [4.69, 9.17) is 23.8 Å². The Morgan fingerprint density at radius 2 is 1.89 bits per heavy atom. The summed E-state index contributed by atoms with van der Waals surface area (Å²) in [7, 11) is 0. The maximum absolute atomic E-state index is 5.87. The van der Waals surface area contributed by atoms with E-state index in [2.05, 4.69) is 32.7 Å². The van der Waals surface area contributed by atoms with Crippen molar-refractivity contribution in [3.05, 3.63) is 53.4 Å². The van der Waals surface area contributed by atoms with Crippen molar-refractivity contribution in [2.75, 3.05) is 11.9 Å². The van der Waals surface area contributed by atoms with Crippen LogP contribution in [0.1, 0.15) is 5.56 Å². The van der Waals surface area contributed by atoms with Gasteiger partial charge >= 0.3 is 0 Å². The van der Waals surface area contributed by atoms with Crippen LogP contribution < -0.4 is 10.6 Å². The van der Waals surface area contributed by atoms with E-state index < -0.39 is 0 Å². The number of halogens is 1. The quantitative estimate of drug-likeness (QED) is 0.849. The molecule has 1 heterocycles. The Balaban J connectivity index is 1.78. The van der Waals surface area contributed by atoms with Gasteiger partial charge in [-0.05, 0) is 24.2 Å². The number of nitrogens with one attached hydrogen (secondary N) is 2. The lowest BCUT2D eigenvalue weighted by Crippen LogP contribution is -2.30. The Morgan fingerprint density at radius 1 is 1.16 bits per heavy atom. The van der Waals surface area contributed by atoms with Crippen LogP contribution in [0.15, 0.2) is 42.7 Å². The molecule has 0 spiro atoms. The highest BCUT2D eigenvalue weighted by Crippen LogP contribution is 2.13. The average Bonchev–Trinajstić information content (AvgIpc) is 2.43. The molecule has 1 aromatic carbocycles. The van der Waals surface area contributed by atoms with Crippen LogP contribution in [0.25, 0.3) is 0 Å². The average molecular weight is 293 g/mol. The number of aromatic nitrogens is 2. The predicted molar refractivity (Wildman–Crippen MR) is 81.4 cm³/mol. The van der Waals surface area contributed by atoms with E-state index in [1.807, 2.05) is 18.2 Å². The molecule has 0 saturated carbocycles. The first-order chi connectivity index (χ1) is 9.25. The number of rotatable bonds is 4. The van der Waals surface area contributed by atoms with Gasteiger partial charge in [-0.2, -0.15) is 0 Å². The molecule has 0 atom stereocenters. The number of hydrogen-bond donors (Lipinski definition) is 2. The number of benzene rings is 1. The van der Waals surface area contributed by atoms with E-state index in [1.165, 1.54) is 11.8 Å². The van der Waals surface area contributed by atoms with Crippen molar-refractivity contribution >= 4 is 34.7 Å². The van der Waals surface area contributed by atoms with Gasteiger partial charge in [0.05, 0.1) is 0 Å². The van der Waals surface area contributed by atoms with Crippen LogP contribution in [0.2, 0.25) is 5.15 Å². The lowest BCUT2D eigenvalue weighted by molar-refractivity contribution is 0.873. The monoisotopic (exact) mass is 292 g/mol. The molecule has 0 aliphatic heterocycles. The minimum Gasteiger partial charge on any atom is -0.362 e. The summed E-state index contributed by atoms with van der Waals surface area (Å²) in [6, 6.07) is 10.2. The molecule has 2 N–H and O–H groups in total. The molecule has 0 aliphatic carbocycles. The van der Waals surface area contributed by atoms with Crippen molar-refractivity contribution in [2.24, 2.45) is 0 Å². The molecular formula is C13H13ClN4S. The lowest BCUT2D eigenvalue weighted by atomic mass is 10.1. The van der Waals surface area contributed by atoms with Crippen molar-refractivity contribution in [3.63, 3.8) is 0 Å². The molecule has 0 saturated heterocycles. The smallest absolute Gasteiger partial charge is 0.172 e. The highest BCUT2D eigenvalue weighted by molar-refractivity contribution is 7.80. The zero-order valence-corrected chi connectivity index (χ0v) is 11.7. The second-order valence-corrected chi connectivity index (χ2v) is 4.58. The molecule has 0 aliphatic rings. The summed E-state index contributed by atoms with van der Waals surface area (Å²) < 4.78 is 0. The largest absolute Gasteiger partial charge is 0.362 e. The molecule has 0 fully saturated rings. The molecule has 2 rings (SSSR count). The summed E-state index contributed by atoms with van der Waals surface area (Å²) in [5.41, 5.74) is 1.26. The Kier molecular flexibility index (Phi) is 5.06. The molecule has 0 bridgehead atoms. The highest BCUT2D eigenvalue weighted by Gasteiger charge is 2.03. The summed E-state index contributed by atoms with van der Waals surface area (Å²) in [6.07, 6.45) is 3.98. The van der Waals surface area contributed by atoms with Crippen LogP contribution in [0.3, 0.4) is 0 Å². The Hall–Kier alpha value is -1.72. The van der Waals surface area contributed by atoms with Gasteiger partial charge in [0.15, 0.2) is 16.1 Å². The van der Waals surface area contributed by atoms with Crippen molar-refractivity contribution < 1.29 is 0 Å². The lowest BCUT2D eigenvalue weighted by Gasteiger charge is -2.10. The fraction of sp³-hybridized carbons (Fsp3) is 0.154. The van der Waals surface area contributed by atoms with Gasteiger partial charge in [-0.15, -0.1) is 0 Å². The van der Waals surface area contributed by atoms with Gasteiger partial charge in [-0.25, -0.2) is 9.97 Å². The SMILES string of the molecule is S=C(NCCc1ccccc1)Nc1nccnc1Cl. The van der Waals surface area contributed by atoms with Gasteiger partial charge in [-0.1, -0.05) is 41.9 Å². The second kappa shape index (κ2) is 7.01. The van der Waals surface area contributed by atoms with Crippen LogP contribution in [0.4, 0.5) is 5.82 Å². The van der Waals surface area contributed by atoms with Gasteiger partial charge < -0.3 is 10.6 Å². The molecule has 98 valence electrons. The van der Waals surface area contributed by atoms with Crippen molar-refractivity contribution in [1.82, 2.24) is 15.3 Å². The van der Waals surface area contributed by atoms with Gasteiger partial charge in [0.1, 0.15) is 0 Å². The van der Waals surface area contributed by atoms with E-state index in [-0.39, 0.29) is 0 Å². The second-order valence-electron chi connectivity index (χ2n) is 3.81. The van der Waals surface area contributed by atoms with Gasteiger partial charge in [-0.3, -0.25) is 0 Å². The van der Waals surface area contributed by atoms with Crippen LogP contribution >= 0.6 is 23.8 Å². The Labute approximate surface area is 122 Å². The molecule has 19 heavy (non-hydrogen) atoms. The third-order valence-electron chi connectivity index (χ3n) is 2.43. The topological polar surface area (TPSA) is 49.8 Å². The number of hydrogen-bond acceptors (Lipinski definition) is 3. The van der Waals surface area contributed by atoms with E-state index in [0.29, 0.717) is 16.1 Å². The first-order valence-electron chi connectivity index (χ1n) is 5.81. The molecular weight excluding hydrogens is 280 g/mol. The van der Waals surface area contributed by atoms with Crippen molar-refractivity contribution in [1.29, 1.82) is 0 Å². The number of thiocarbonyl (C=S) groups is 1. The van der Waals surface area contributed by atoms with Gasteiger partial charge in [0, 0.05) is 18.9 Å². The Morgan fingerprint density at radius 3 is 2.63 bits per heavy atom. The minimum atomic E-state index is 0.301. The standard InChI is InChI=1S/C13H13ClN4S/c14-11-12(16-9-8-15-11)18-13(19)17-7-6-10-4-2-1-3-5-10/h1-5,8-9H,6-7H2,(H2,16,17,18,19). The van der Waals surface area contributed by atoms with Crippen LogP contribution in [-0.4, -0.2) is 21.6 Å². The number of anilines is 1. The van der Waals surface area contributed by atoms with Gasteiger partial charge in [0.2, 0.25) is 0 Å². The first-order valence-corrected chi connectivity index (χ1v) is 6.59. The maximum Gasteiger partial charge on any atom is 0.172 e. The summed E-state index contributed by atoms with van der Waals surface area (Å²) in [5.74, 6) is 0.460. The van der Waals surface area contributed by atoms with E-state index in [1.54, 1.807) is 6.20 Å².